The third-order valence-electron chi connectivity index (χ3n) is 2.71. The van der Waals surface area contributed by atoms with Gasteiger partial charge in [-0.1, -0.05) is 35.9 Å². The van der Waals surface area contributed by atoms with Gasteiger partial charge < -0.3 is 10.6 Å². The van der Waals surface area contributed by atoms with Gasteiger partial charge in [0.15, 0.2) is 0 Å². The van der Waals surface area contributed by atoms with Gasteiger partial charge in [-0.3, -0.25) is 0 Å². The molecule has 0 bridgehead atoms. The van der Waals surface area contributed by atoms with E-state index in [2.05, 4.69) is 10.6 Å². The summed E-state index contributed by atoms with van der Waals surface area (Å²) in [5.41, 5.74) is 1.39. The molecule has 0 spiro atoms. The maximum absolute atomic E-state index is 13.0. The molecule has 3 nitrogen and oxygen atoms in total. The zero-order valence-corrected chi connectivity index (χ0v) is 11.5. The number of hydrogen-bond acceptors (Lipinski definition) is 1. The number of carbonyl (C=O) groups is 1. The van der Waals surface area contributed by atoms with Gasteiger partial charge in [0, 0.05) is 6.54 Å². The Morgan fingerprint density at radius 1 is 1.15 bits per heavy atom. The van der Waals surface area contributed by atoms with Crippen LogP contribution < -0.4 is 10.6 Å². The zero-order chi connectivity index (χ0) is 14.4. The molecular weight excluding hydrogens is 279 g/mol. The van der Waals surface area contributed by atoms with E-state index >= 15 is 0 Å². The molecule has 2 aromatic carbocycles. The van der Waals surface area contributed by atoms with Gasteiger partial charge in [-0.05, 0) is 36.2 Å². The molecule has 0 radical (unpaired) electrons. The Kier molecular flexibility index (Phi) is 4.96. The summed E-state index contributed by atoms with van der Waals surface area (Å²) in [6, 6.07) is 13.0. The molecule has 0 atom stereocenters. The van der Waals surface area contributed by atoms with E-state index in [9.17, 15) is 9.18 Å². The summed E-state index contributed by atoms with van der Waals surface area (Å²) >= 11 is 5.93. The molecule has 104 valence electrons. The second-order valence-corrected chi connectivity index (χ2v) is 4.65. The van der Waals surface area contributed by atoms with Crippen LogP contribution in [0.4, 0.5) is 14.9 Å². The van der Waals surface area contributed by atoms with Crippen LogP contribution in [0.3, 0.4) is 0 Å². The van der Waals surface area contributed by atoms with Gasteiger partial charge in [0.1, 0.15) is 5.82 Å². The summed E-state index contributed by atoms with van der Waals surface area (Å²) in [6.45, 7) is 0.416. The number of hydrogen-bond donors (Lipinski definition) is 2. The largest absolute Gasteiger partial charge is 0.338 e. The first-order chi connectivity index (χ1) is 9.65. The SMILES string of the molecule is O=C(NCCc1cccc(F)c1)Nc1ccccc1Cl. The number of para-hydroxylation sites is 1. The molecule has 5 heteroatoms. The van der Waals surface area contributed by atoms with E-state index in [0.717, 1.165) is 5.56 Å². The highest BCUT2D eigenvalue weighted by Crippen LogP contribution is 2.19. The lowest BCUT2D eigenvalue weighted by Gasteiger charge is -2.08. The average Bonchev–Trinajstić information content (AvgIpc) is 2.41. The minimum absolute atomic E-state index is 0.275. The molecule has 0 unspecified atom stereocenters. The van der Waals surface area contributed by atoms with Crippen molar-refractivity contribution in [2.75, 3.05) is 11.9 Å². The topological polar surface area (TPSA) is 41.1 Å². The van der Waals surface area contributed by atoms with Gasteiger partial charge in [-0.2, -0.15) is 0 Å². The zero-order valence-electron chi connectivity index (χ0n) is 10.7. The molecule has 0 saturated heterocycles. The van der Waals surface area contributed by atoms with E-state index in [0.29, 0.717) is 23.7 Å². The number of amides is 2. The number of nitrogens with one attached hydrogen (secondary N) is 2. The second kappa shape index (κ2) is 6.91. The summed E-state index contributed by atoms with van der Waals surface area (Å²) in [5, 5.41) is 5.83. The molecule has 0 heterocycles. The predicted molar refractivity (Wildman–Crippen MR) is 78.6 cm³/mol. The summed E-state index contributed by atoms with van der Waals surface area (Å²) in [5.74, 6) is -0.275. The number of halogens is 2. The third-order valence-corrected chi connectivity index (χ3v) is 3.04. The normalized spacial score (nSPS) is 10.1. The molecule has 2 amide bonds. The number of anilines is 1. The van der Waals surface area contributed by atoms with Crippen LogP contribution in [0.2, 0.25) is 5.02 Å². The Labute approximate surface area is 121 Å². The van der Waals surface area contributed by atoms with Crippen LogP contribution >= 0.6 is 11.6 Å². The van der Waals surface area contributed by atoms with Gasteiger partial charge in [-0.25, -0.2) is 9.18 Å². The molecule has 0 saturated carbocycles. The molecule has 2 aromatic rings. The molecule has 0 fully saturated rings. The van der Waals surface area contributed by atoms with Crippen molar-refractivity contribution in [1.29, 1.82) is 0 Å². The Balaban J connectivity index is 1.80. The van der Waals surface area contributed by atoms with Gasteiger partial charge in [-0.15, -0.1) is 0 Å². The Morgan fingerprint density at radius 2 is 1.95 bits per heavy atom. The highest BCUT2D eigenvalue weighted by molar-refractivity contribution is 6.33. The van der Waals surface area contributed by atoms with Crippen LogP contribution in [0.15, 0.2) is 48.5 Å². The van der Waals surface area contributed by atoms with Gasteiger partial charge in [0.05, 0.1) is 10.7 Å². The molecule has 0 aliphatic rings. The smallest absolute Gasteiger partial charge is 0.319 e. The second-order valence-electron chi connectivity index (χ2n) is 4.24. The lowest BCUT2D eigenvalue weighted by atomic mass is 10.1. The Morgan fingerprint density at radius 3 is 2.70 bits per heavy atom. The van der Waals surface area contributed by atoms with E-state index in [4.69, 9.17) is 11.6 Å². The fourth-order valence-electron chi connectivity index (χ4n) is 1.74. The fourth-order valence-corrected chi connectivity index (χ4v) is 1.92. The van der Waals surface area contributed by atoms with Crippen molar-refractivity contribution in [3.63, 3.8) is 0 Å². The number of urea groups is 1. The summed E-state index contributed by atoms with van der Waals surface area (Å²) < 4.78 is 13.0. The standard InChI is InChI=1S/C15H14ClFN2O/c16-13-6-1-2-7-14(13)19-15(20)18-9-8-11-4-3-5-12(17)10-11/h1-7,10H,8-9H2,(H2,18,19,20). The molecular formula is C15H14ClFN2O. The summed E-state index contributed by atoms with van der Waals surface area (Å²) in [7, 11) is 0. The molecule has 2 rings (SSSR count). The fraction of sp³-hybridized carbons (Fsp3) is 0.133. The molecule has 2 N–H and O–H groups in total. The van der Waals surface area contributed by atoms with Crippen molar-refractivity contribution >= 4 is 23.3 Å². The lowest BCUT2D eigenvalue weighted by Crippen LogP contribution is -2.30. The highest BCUT2D eigenvalue weighted by atomic mass is 35.5. The molecule has 0 aliphatic heterocycles. The monoisotopic (exact) mass is 292 g/mol. The van der Waals surface area contributed by atoms with Gasteiger partial charge in [0.2, 0.25) is 0 Å². The first kappa shape index (κ1) is 14.3. The maximum atomic E-state index is 13.0. The number of carbonyl (C=O) groups excluding carboxylic acids is 1. The minimum Gasteiger partial charge on any atom is -0.338 e. The van der Waals surface area contributed by atoms with E-state index in [1.165, 1.54) is 12.1 Å². The lowest BCUT2D eigenvalue weighted by molar-refractivity contribution is 0.252. The average molecular weight is 293 g/mol. The van der Waals surface area contributed by atoms with Crippen LogP contribution in [-0.2, 0) is 6.42 Å². The maximum Gasteiger partial charge on any atom is 0.319 e. The van der Waals surface area contributed by atoms with Crippen molar-refractivity contribution in [3.8, 4) is 0 Å². The van der Waals surface area contributed by atoms with Crippen molar-refractivity contribution in [2.45, 2.75) is 6.42 Å². The van der Waals surface area contributed by atoms with E-state index in [1.54, 1.807) is 30.3 Å². The highest BCUT2D eigenvalue weighted by Gasteiger charge is 2.04. The quantitative estimate of drug-likeness (QED) is 0.883. The Bertz CT molecular complexity index is 604. The van der Waals surface area contributed by atoms with Crippen LogP contribution in [-0.4, -0.2) is 12.6 Å². The summed E-state index contributed by atoms with van der Waals surface area (Å²) in [4.78, 5) is 11.7. The van der Waals surface area contributed by atoms with E-state index in [-0.39, 0.29) is 11.8 Å². The molecule has 0 aromatic heterocycles. The molecule has 0 aliphatic carbocycles. The van der Waals surface area contributed by atoms with Gasteiger partial charge in [0.25, 0.3) is 0 Å². The Hall–Kier alpha value is -2.07. The third kappa shape index (κ3) is 4.24. The van der Waals surface area contributed by atoms with Crippen LogP contribution in [0.25, 0.3) is 0 Å². The first-order valence-corrected chi connectivity index (χ1v) is 6.57. The van der Waals surface area contributed by atoms with Crippen LogP contribution in [0, 0.1) is 5.82 Å². The summed E-state index contributed by atoms with van der Waals surface area (Å²) in [6.07, 6.45) is 0.563. The van der Waals surface area contributed by atoms with Gasteiger partial charge >= 0.3 is 6.03 Å². The molecule has 20 heavy (non-hydrogen) atoms. The van der Waals surface area contributed by atoms with E-state index in [1.807, 2.05) is 6.07 Å². The number of benzene rings is 2. The van der Waals surface area contributed by atoms with Crippen LogP contribution in [0.5, 0.6) is 0 Å². The van der Waals surface area contributed by atoms with Crippen molar-refractivity contribution in [2.24, 2.45) is 0 Å². The number of rotatable bonds is 4. The predicted octanol–water partition coefficient (Wildman–Crippen LogP) is 3.84. The van der Waals surface area contributed by atoms with Crippen LogP contribution in [0.1, 0.15) is 5.56 Å². The minimum atomic E-state index is -0.338. The van der Waals surface area contributed by atoms with E-state index < -0.39 is 0 Å². The van der Waals surface area contributed by atoms with Crippen molar-refractivity contribution in [3.05, 3.63) is 64.9 Å². The first-order valence-electron chi connectivity index (χ1n) is 6.19. The van der Waals surface area contributed by atoms with Crippen molar-refractivity contribution < 1.29 is 9.18 Å². The van der Waals surface area contributed by atoms with Crippen molar-refractivity contribution in [1.82, 2.24) is 5.32 Å².